The Labute approximate surface area is 153 Å². The Morgan fingerprint density at radius 1 is 1.35 bits per heavy atom. The van der Waals surface area contributed by atoms with E-state index in [0.29, 0.717) is 23.8 Å². The van der Waals surface area contributed by atoms with E-state index in [-0.39, 0.29) is 12.6 Å². The fourth-order valence-corrected chi connectivity index (χ4v) is 2.61. The van der Waals surface area contributed by atoms with E-state index in [0.717, 1.165) is 5.56 Å². The summed E-state index contributed by atoms with van der Waals surface area (Å²) in [5.74, 6) is 0.275. The van der Waals surface area contributed by atoms with Crippen molar-refractivity contribution >= 4 is 31.3 Å². The van der Waals surface area contributed by atoms with Crippen LogP contribution in [0.4, 0.5) is 24.8 Å². The number of hydrogen-bond donors (Lipinski definition) is 1. The van der Waals surface area contributed by atoms with Crippen LogP contribution in [0.25, 0.3) is 0 Å². The third-order valence-corrected chi connectivity index (χ3v) is 4.42. The second kappa shape index (κ2) is 8.62. The van der Waals surface area contributed by atoms with Gasteiger partial charge in [0.2, 0.25) is 5.95 Å². The molecule has 0 aliphatic carbocycles. The third kappa shape index (κ3) is 5.27. The molecule has 0 bridgehead atoms. The number of aromatic nitrogens is 2. The van der Waals surface area contributed by atoms with Gasteiger partial charge >= 0.3 is 14.2 Å². The highest BCUT2D eigenvalue weighted by atomic mass is 35.5. The van der Waals surface area contributed by atoms with Gasteiger partial charge in [-0.15, -0.1) is 4.52 Å². The van der Waals surface area contributed by atoms with Crippen molar-refractivity contribution in [1.29, 1.82) is 0 Å². The highest BCUT2D eigenvalue weighted by molar-refractivity contribution is 7.39. The lowest BCUT2D eigenvalue weighted by Crippen LogP contribution is -2.09. The van der Waals surface area contributed by atoms with Crippen molar-refractivity contribution in [3.63, 3.8) is 0 Å². The number of hydrogen-bond acceptors (Lipinski definition) is 6. The first-order chi connectivity index (χ1) is 12.2. The van der Waals surface area contributed by atoms with Crippen LogP contribution in [0.15, 0.2) is 24.4 Å². The molecule has 2 aromatic rings. The zero-order valence-corrected chi connectivity index (χ0v) is 15.5. The molecule has 140 valence electrons. The summed E-state index contributed by atoms with van der Waals surface area (Å²) in [6, 6.07) is 4.95. The maximum absolute atomic E-state index is 12.7. The standard InChI is InChI=1S/C15H15ClF3N3O3P/c1-3-26(23)25-8-9-4-5-11(12(6-9)24-2)21-14-20-7-10(13(16)22-14)15(17,18)19/h4-7H,3,8H2,1-2H3,(H,20,21,22)/q+1. The molecule has 0 saturated carbocycles. The minimum atomic E-state index is -4.63. The molecule has 6 nitrogen and oxygen atoms in total. The summed E-state index contributed by atoms with van der Waals surface area (Å²) in [5, 5.41) is 2.04. The van der Waals surface area contributed by atoms with Crippen LogP contribution in [0.1, 0.15) is 18.1 Å². The number of anilines is 2. The molecule has 0 radical (unpaired) electrons. The van der Waals surface area contributed by atoms with Crippen molar-refractivity contribution in [2.45, 2.75) is 19.7 Å². The van der Waals surface area contributed by atoms with Crippen molar-refractivity contribution in [3.05, 3.63) is 40.7 Å². The predicted octanol–water partition coefficient (Wildman–Crippen LogP) is 5.18. The molecule has 0 spiro atoms. The summed E-state index contributed by atoms with van der Waals surface area (Å²) >= 11 is 5.58. The molecule has 1 N–H and O–H groups in total. The number of alkyl halides is 3. The first-order valence-corrected chi connectivity index (χ1v) is 9.10. The van der Waals surface area contributed by atoms with Gasteiger partial charge in [-0.1, -0.05) is 17.7 Å². The average Bonchev–Trinajstić information content (AvgIpc) is 2.59. The van der Waals surface area contributed by atoms with Crippen LogP contribution < -0.4 is 10.1 Å². The van der Waals surface area contributed by atoms with Crippen molar-refractivity contribution in [3.8, 4) is 5.75 Å². The van der Waals surface area contributed by atoms with Crippen LogP contribution in [-0.4, -0.2) is 23.2 Å². The molecule has 0 fully saturated rings. The normalized spacial score (nSPS) is 12.0. The maximum Gasteiger partial charge on any atom is 0.508 e. The summed E-state index contributed by atoms with van der Waals surface area (Å²) in [5.41, 5.74) is 0.0248. The van der Waals surface area contributed by atoms with Gasteiger partial charge in [0.05, 0.1) is 12.8 Å². The maximum atomic E-state index is 12.7. The summed E-state index contributed by atoms with van der Waals surface area (Å²) < 4.78 is 59.8. The molecule has 2 rings (SSSR count). The molecule has 0 aliphatic rings. The van der Waals surface area contributed by atoms with E-state index in [1.54, 1.807) is 25.1 Å². The van der Waals surface area contributed by atoms with Gasteiger partial charge in [0, 0.05) is 6.20 Å². The molecular formula is C15H15ClF3N3O3P+. The Bertz CT molecular complexity index is 805. The van der Waals surface area contributed by atoms with Crippen LogP contribution in [0, 0.1) is 0 Å². The molecule has 11 heteroatoms. The highest BCUT2D eigenvalue weighted by Crippen LogP contribution is 2.34. The fraction of sp³-hybridized carbons (Fsp3) is 0.333. The van der Waals surface area contributed by atoms with Crippen LogP contribution in [0.5, 0.6) is 5.75 Å². The molecule has 26 heavy (non-hydrogen) atoms. The Balaban J connectivity index is 2.19. The Morgan fingerprint density at radius 3 is 2.65 bits per heavy atom. The van der Waals surface area contributed by atoms with E-state index in [1.165, 1.54) is 7.11 Å². The zero-order chi connectivity index (χ0) is 19.3. The summed E-state index contributed by atoms with van der Waals surface area (Å²) in [6.45, 7) is 1.89. The van der Waals surface area contributed by atoms with E-state index in [9.17, 15) is 17.7 Å². The molecule has 0 saturated heterocycles. The summed E-state index contributed by atoms with van der Waals surface area (Å²) in [4.78, 5) is 7.23. The second-order valence-electron chi connectivity index (χ2n) is 4.98. The number of nitrogens with zero attached hydrogens (tertiary/aromatic N) is 2. The average molecular weight is 409 g/mol. The van der Waals surface area contributed by atoms with Gasteiger partial charge < -0.3 is 10.1 Å². The lowest BCUT2D eigenvalue weighted by atomic mass is 10.2. The topological polar surface area (TPSA) is 73.3 Å². The molecule has 1 aromatic carbocycles. The van der Waals surface area contributed by atoms with Crippen LogP contribution in [0.2, 0.25) is 5.15 Å². The van der Waals surface area contributed by atoms with Crippen LogP contribution in [0.3, 0.4) is 0 Å². The number of rotatable bonds is 7. The van der Waals surface area contributed by atoms with Gasteiger partial charge in [0.1, 0.15) is 23.1 Å². The first-order valence-electron chi connectivity index (χ1n) is 7.35. The van der Waals surface area contributed by atoms with Gasteiger partial charge in [0.15, 0.2) is 6.16 Å². The SMILES string of the molecule is CC[P+](=O)OCc1ccc(Nc2ncc(C(F)(F)F)c(Cl)n2)c(OC)c1. The quantitative estimate of drug-likeness (QED) is 0.502. The molecule has 1 heterocycles. The number of nitrogens with one attached hydrogen (secondary N) is 1. The van der Waals surface area contributed by atoms with Gasteiger partial charge in [-0.2, -0.15) is 13.2 Å². The van der Waals surface area contributed by atoms with E-state index < -0.39 is 24.9 Å². The summed E-state index contributed by atoms with van der Waals surface area (Å²) in [6.07, 6.45) is -3.61. The van der Waals surface area contributed by atoms with E-state index in [1.807, 2.05) is 0 Å². The van der Waals surface area contributed by atoms with Crippen molar-refractivity contribution in [1.82, 2.24) is 9.97 Å². The van der Waals surface area contributed by atoms with E-state index in [4.69, 9.17) is 20.9 Å². The zero-order valence-electron chi connectivity index (χ0n) is 13.8. The minimum absolute atomic E-state index is 0.112. The van der Waals surface area contributed by atoms with Crippen LogP contribution >= 0.6 is 19.6 Å². The molecule has 1 aromatic heterocycles. The predicted molar refractivity (Wildman–Crippen MR) is 91.3 cm³/mol. The van der Waals surface area contributed by atoms with Gasteiger partial charge in [0.25, 0.3) is 0 Å². The number of benzene rings is 1. The number of ether oxygens (including phenoxy) is 1. The fourth-order valence-electron chi connectivity index (χ4n) is 1.90. The Hall–Kier alpha value is -1.96. The first kappa shape index (κ1) is 20.4. The lowest BCUT2D eigenvalue weighted by Gasteiger charge is -2.12. The second-order valence-corrected chi connectivity index (χ2v) is 6.89. The monoisotopic (exact) mass is 408 g/mol. The van der Waals surface area contributed by atoms with Crippen molar-refractivity contribution in [2.75, 3.05) is 18.6 Å². The third-order valence-electron chi connectivity index (χ3n) is 3.19. The molecule has 1 atom stereocenters. The van der Waals surface area contributed by atoms with Crippen molar-refractivity contribution in [2.24, 2.45) is 0 Å². The Kier molecular flexibility index (Phi) is 6.75. The van der Waals surface area contributed by atoms with Crippen LogP contribution in [-0.2, 0) is 21.9 Å². The van der Waals surface area contributed by atoms with E-state index in [2.05, 4.69) is 15.3 Å². The number of methoxy groups -OCH3 is 1. The molecule has 0 aliphatic heterocycles. The Morgan fingerprint density at radius 2 is 2.08 bits per heavy atom. The molecular weight excluding hydrogens is 394 g/mol. The lowest BCUT2D eigenvalue weighted by molar-refractivity contribution is -0.137. The van der Waals surface area contributed by atoms with Gasteiger partial charge in [-0.3, -0.25) is 0 Å². The van der Waals surface area contributed by atoms with Gasteiger partial charge in [-0.05, 0) is 29.2 Å². The van der Waals surface area contributed by atoms with E-state index >= 15 is 0 Å². The highest BCUT2D eigenvalue weighted by Gasteiger charge is 2.34. The van der Waals surface area contributed by atoms with Gasteiger partial charge in [-0.25, -0.2) is 9.97 Å². The minimum Gasteiger partial charge on any atom is -0.495 e. The van der Waals surface area contributed by atoms with Crippen molar-refractivity contribution < 1.29 is 27.0 Å². The largest absolute Gasteiger partial charge is 0.508 e. The smallest absolute Gasteiger partial charge is 0.495 e. The molecule has 0 amide bonds. The molecule has 1 unspecified atom stereocenters. The summed E-state index contributed by atoms with van der Waals surface area (Å²) in [7, 11) is -0.284. The number of halogens is 4.